The third-order valence-corrected chi connectivity index (χ3v) is 6.92. The molecule has 0 aromatic heterocycles. The molecule has 2 aromatic rings. The van der Waals surface area contributed by atoms with Crippen molar-refractivity contribution in [2.75, 3.05) is 6.61 Å². The minimum atomic E-state index is -1.86. The molecule has 232 valence electrons. The number of allylic oxidation sites excluding steroid dienone is 2. The molecule has 0 bridgehead atoms. The van der Waals surface area contributed by atoms with Crippen LogP contribution in [0.3, 0.4) is 0 Å². The molecule has 1 unspecified atom stereocenters. The summed E-state index contributed by atoms with van der Waals surface area (Å²) in [5.74, 6) is -4.39. The molecule has 0 saturated carbocycles. The smallest absolute Gasteiger partial charge is 0.331 e. The summed E-state index contributed by atoms with van der Waals surface area (Å²) in [6, 6.07) is 7.93. The highest BCUT2D eigenvalue weighted by Crippen LogP contribution is 2.42. The first kappa shape index (κ1) is 30.3. The monoisotopic (exact) mass is 612 g/mol. The minimum absolute atomic E-state index is 0.0235. The van der Waals surface area contributed by atoms with Crippen molar-refractivity contribution in [1.82, 2.24) is 0 Å². The Bertz CT molecular complexity index is 1560. The van der Waals surface area contributed by atoms with Crippen molar-refractivity contribution in [1.29, 1.82) is 0 Å². The van der Waals surface area contributed by atoms with Gasteiger partial charge in [0.15, 0.2) is 41.0 Å². The van der Waals surface area contributed by atoms with E-state index in [0.29, 0.717) is 5.56 Å². The number of hydrogen-bond acceptors (Lipinski definition) is 14. The molecule has 2 heterocycles. The Morgan fingerprint density at radius 1 is 0.932 bits per heavy atom. The van der Waals surface area contributed by atoms with Crippen molar-refractivity contribution in [2.45, 2.75) is 36.8 Å². The minimum Gasteiger partial charge on any atom is -0.508 e. The second kappa shape index (κ2) is 12.2. The summed E-state index contributed by atoms with van der Waals surface area (Å²) in [6.07, 6.45) is -3.48. The first-order chi connectivity index (χ1) is 20.9. The second-order valence-corrected chi connectivity index (χ2v) is 9.97. The topological polar surface area (TPSA) is 236 Å². The molecule has 0 amide bonds. The molecule has 14 nitrogen and oxygen atoms in total. The predicted molar refractivity (Wildman–Crippen MR) is 149 cm³/mol. The Hall–Kier alpha value is -5.15. The fourth-order valence-corrected chi connectivity index (χ4v) is 4.68. The third-order valence-electron chi connectivity index (χ3n) is 6.92. The number of ether oxygens (including phenoxy) is 4. The summed E-state index contributed by atoms with van der Waals surface area (Å²) < 4.78 is 22.6. The van der Waals surface area contributed by atoms with Crippen LogP contribution in [0.5, 0.6) is 23.0 Å². The summed E-state index contributed by atoms with van der Waals surface area (Å²) in [7, 11) is 0. The summed E-state index contributed by atoms with van der Waals surface area (Å²) in [4.78, 5) is 12.6. The molecule has 2 aliphatic heterocycles. The number of phenols is 4. The molecule has 0 radical (unpaired) electrons. The zero-order chi connectivity index (χ0) is 31.7. The van der Waals surface area contributed by atoms with Gasteiger partial charge in [-0.1, -0.05) is 12.1 Å². The highest BCUT2D eigenvalue weighted by Gasteiger charge is 2.48. The van der Waals surface area contributed by atoms with Crippen LogP contribution < -0.4 is 0 Å². The number of carbonyl (C=O) groups is 1. The van der Waals surface area contributed by atoms with Gasteiger partial charge < -0.3 is 64.9 Å². The third kappa shape index (κ3) is 6.14. The van der Waals surface area contributed by atoms with Gasteiger partial charge in [0.25, 0.3) is 0 Å². The maximum absolute atomic E-state index is 12.6. The SMILES string of the molecule is O=C(/C=C/c1ccc(O)cc1)O[C@@H]1[C@@H](O)[C@H](OC2=C(c3cc(O)c(O)c(O)c3)OC3C=C(O)C=C(O)C3=C2)O[C@H](CO)[C@H]1O. The number of aliphatic hydroxyl groups excluding tert-OH is 5. The van der Waals surface area contributed by atoms with Gasteiger partial charge in [0.1, 0.15) is 35.6 Å². The van der Waals surface area contributed by atoms with E-state index in [4.69, 9.17) is 18.9 Å². The van der Waals surface area contributed by atoms with Crippen LogP contribution in [0, 0.1) is 0 Å². The van der Waals surface area contributed by atoms with Crippen LogP contribution in [0.25, 0.3) is 11.8 Å². The van der Waals surface area contributed by atoms with Gasteiger partial charge in [-0.15, -0.1) is 0 Å². The van der Waals surface area contributed by atoms with E-state index in [9.17, 15) is 50.8 Å². The highest BCUT2D eigenvalue weighted by atomic mass is 16.7. The van der Waals surface area contributed by atoms with E-state index in [1.54, 1.807) is 0 Å². The molecule has 14 heteroatoms. The molecule has 1 aliphatic carbocycles. The number of esters is 1. The number of carbonyl (C=O) groups excluding carboxylic acids is 1. The predicted octanol–water partition coefficient (Wildman–Crippen LogP) is 1.48. The Morgan fingerprint density at radius 3 is 2.27 bits per heavy atom. The summed E-state index contributed by atoms with van der Waals surface area (Å²) >= 11 is 0. The Labute approximate surface area is 248 Å². The van der Waals surface area contributed by atoms with Crippen molar-refractivity contribution in [3.05, 3.63) is 94.7 Å². The largest absolute Gasteiger partial charge is 0.508 e. The molecule has 5 rings (SSSR count). The van der Waals surface area contributed by atoms with Crippen LogP contribution in [0.2, 0.25) is 0 Å². The van der Waals surface area contributed by atoms with E-state index >= 15 is 0 Å². The van der Waals surface area contributed by atoms with Gasteiger partial charge in [-0.25, -0.2) is 4.79 Å². The lowest BCUT2D eigenvalue weighted by molar-refractivity contribution is -0.292. The van der Waals surface area contributed by atoms with Crippen LogP contribution in [0.1, 0.15) is 11.1 Å². The van der Waals surface area contributed by atoms with Crippen LogP contribution >= 0.6 is 0 Å². The molecule has 0 spiro atoms. The molecule has 2 aromatic carbocycles. The molecule has 1 saturated heterocycles. The van der Waals surface area contributed by atoms with Gasteiger partial charge in [-0.2, -0.15) is 0 Å². The number of aliphatic hydroxyl groups is 5. The number of benzene rings is 2. The lowest BCUT2D eigenvalue weighted by atomic mass is 9.96. The van der Waals surface area contributed by atoms with E-state index in [1.165, 1.54) is 42.5 Å². The maximum Gasteiger partial charge on any atom is 0.331 e. The molecular formula is C30H28O14. The summed E-state index contributed by atoms with van der Waals surface area (Å²) in [6.45, 7) is -0.774. The number of aromatic hydroxyl groups is 4. The molecule has 3 aliphatic rings. The number of hydrogen-bond donors (Lipinski definition) is 9. The van der Waals surface area contributed by atoms with Crippen LogP contribution in [0.15, 0.2) is 83.6 Å². The van der Waals surface area contributed by atoms with E-state index in [2.05, 4.69) is 0 Å². The number of phenolic OH excluding ortho intramolecular Hbond substituents is 4. The maximum atomic E-state index is 12.6. The van der Waals surface area contributed by atoms with Gasteiger partial charge in [0.05, 0.1) is 6.61 Å². The van der Waals surface area contributed by atoms with Crippen molar-refractivity contribution in [3.63, 3.8) is 0 Å². The Kier molecular flexibility index (Phi) is 8.42. The van der Waals surface area contributed by atoms with Crippen molar-refractivity contribution in [3.8, 4) is 23.0 Å². The zero-order valence-electron chi connectivity index (χ0n) is 22.6. The van der Waals surface area contributed by atoms with Gasteiger partial charge >= 0.3 is 5.97 Å². The molecule has 44 heavy (non-hydrogen) atoms. The summed E-state index contributed by atoms with van der Waals surface area (Å²) in [5.41, 5.74) is 0.594. The van der Waals surface area contributed by atoms with E-state index in [-0.39, 0.29) is 34.2 Å². The second-order valence-electron chi connectivity index (χ2n) is 9.97. The van der Waals surface area contributed by atoms with E-state index in [1.807, 2.05) is 0 Å². The first-order valence-corrected chi connectivity index (χ1v) is 13.1. The summed E-state index contributed by atoms with van der Waals surface area (Å²) in [5, 5.41) is 91.4. The van der Waals surface area contributed by atoms with Crippen LogP contribution in [-0.4, -0.2) is 95.3 Å². The number of rotatable bonds is 7. The van der Waals surface area contributed by atoms with E-state index < -0.39 is 72.4 Å². The first-order valence-electron chi connectivity index (χ1n) is 13.1. The lowest BCUT2D eigenvalue weighted by Gasteiger charge is -2.41. The molecule has 9 N–H and O–H groups in total. The van der Waals surface area contributed by atoms with Gasteiger partial charge in [0.2, 0.25) is 6.29 Å². The average Bonchev–Trinajstić information content (AvgIpc) is 2.98. The normalized spacial score (nSPS) is 26.7. The number of fused-ring (bicyclic) bond motifs is 1. The zero-order valence-corrected chi connectivity index (χ0v) is 22.6. The highest BCUT2D eigenvalue weighted by molar-refractivity contribution is 5.87. The van der Waals surface area contributed by atoms with Gasteiger partial charge in [-0.3, -0.25) is 0 Å². The van der Waals surface area contributed by atoms with Crippen LogP contribution in [0.4, 0.5) is 0 Å². The van der Waals surface area contributed by atoms with Crippen molar-refractivity contribution < 1.29 is 69.7 Å². The standard InChI is InChI=1S/C30H28O14/c31-12-23-26(39)29(44-24(37)6-3-13-1-4-15(32)5-2-13)27(40)30(43-23)42-22-11-17-18(34)9-16(33)10-21(17)41-28(22)14-7-19(35)25(38)20(36)8-14/h1-11,21,23,26-27,29-36,38-40H,12H2/b6-3+/t21?,23-,26-,27-,29+,30-/m1/s1. The lowest BCUT2D eigenvalue weighted by Crippen LogP contribution is -2.60. The van der Waals surface area contributed by atoms with Crippen molar-refractivity contribution in [2.24, 2.45) is 0 Å². The molecule has 6 atom stereocenters. The van der Waals surface area contributed by atoms with E-state index in [0.717, 1.165) is 24.3 Å². The average molecular weight is 613 g/mol. The van der Waals surface area contributed by atoms with Crippen molar-refractivity contribution >= 4 is 17.8 Å². The fraction of sp³-hybridized carbons (Fsp3) is 0.233. The Balaban J connectivity index is 1.46. The molecule has 1 fully saturated rings. The van der Waals surface area contributed by atoms with Gasteiger partial charge in [0, 0.05) is 29.4 Å². The fourth-order valence-electron chi connectivity index (χ4n) is 4.68. The van der Waals surface area contributed by atoms with Gasteiger partial charge in [-0.05, 0) is 42.0 Å². The Morgan fingerprint density at radius 2 is 1.61 bits per heavy atom. The molecular weight excluding hydrogens is 584 g/mol. The quantitative estimate of drug-likeness (QED) is 0.122. The van der Waals surface area contributed by atoms with Crippen LogP contribution in [-0.2, 0) is 23.7 Å².